The van der Waals surface area contributed by atoms with E-state index in [0.29, 0.717) is 0 Å². The van der Waals surface area contributed by atoms with Crippen molar-refractivity contribution in [3.05, 3.63) is 78.9 Å². The molecule has 0 heterocycles. The first-order valence-electron chi connectivity index (χ1n) is 8.74. The van der Waals surface area contributed by atoms with Crippen molar-refractivity contribution in [1.82, 2.24) is 0 Å². The normalized spacial score (nSPS) is 11.6. The summed E-state index contributed by atoms with van der Waals surface area (Å²) in [6, 6.07) is 28.7. The number of hydrogen-bond acceptors (Lipinski definition) is 1. The van der Waals surface area contributed by atoms with Gasteiger partial charge in [0.2, 0.25) is 0 Å². The maximum atomic E-state index is 3.54. The molecule has 0 radical (unpaired) electrons. The highest BCUT2D eigenvalue weighted by molar-refractivity contribution is 7.80. The molecule has 0 saturated heterocycles. The predicted molar refractivity (Wildman–Crippen MR) is 118 cm³/mol. The molecule has 3 rings (SSSR count). The van der Waals surface area contributed by atoms with Crippen LogP contribution in [0.15, 0.2) is 78.9 Å². The third-order valence-corrected chi connectivity index (χ3v) is 8.89. The molecule has 0 amide bonds. The molecule has 3 heteroatoms. The van der Waals surface area contributed by atoms with Gasteiger partial charge in [-0.2, -0.15) is 0 Å². The molecule has 0 fully saturated rings. The molecular formula is C22H26NPSi. The average Bonchev–Trinajstić information content (AvgIpc) is 2.63. The van der Waals surface area contributed by atoms with Gasteiger partial charge in [0, 0.05) is 18.0 Å². The zero-order valence-electron chi connectivity index (χ0n) is 15.5. The molecule has 3 aromatic rings. The summed E-state index contributed by atoms with van der Waals surface area (Å²) in [5.74, 6) is 0. The second-order valence-corrected chi connectivity index (χ2v) is 14.4. The highest BCUT2D eigenvalue weighted by atomic mass is 31.1. The summed E-state index contributed by atoms with van der Waals surface area (Å²) in [6.07, 6.45) is 0. The zero-order valence-corrected chi connectivity index (χ0v) is 17.3. The molecule has 1 N–H and O–H groups in total. The second kappa shape index (κ2) is 7.55. The minimum absolute atomic E-state index is 0.576. The van der Waals surface area contributed by atoms with Gasteiger partial charge >= 0.3 is 0 Å². The van der Waals surface area contributed by atoms with E-state index in [1.807, 2.05) is 0 Å². The Balaban J connectivity index is 2.25. The monoisotopic (exact) mass is 363 g/mol. The first-order valence-corrected chi connectivity index (χ1v) is 13.6. The van der Waals surface area contributed by atoms with Crippen LogP contribution in [0.25, 0.3) is 0 Å². The van der Waals surface area contributed by atoms with E-state index < -0.39 is 16.0 Å². The van der Waals surface area contributed by atoms with Crippen molar-refractivity contribution < 1.29 is 0 Å². The number of hydrogen-bond donors (Lipinski definition) is 1. The van der Waals surface area contributed by atoms with Crippen molar-refractivity contribution in [3.8, 4) is 0 Å². The van der Waals surface area contributed by atoms with Crippen molar-refractivity contribution in [2.24, 2.45) is 0 Å². The summed E-state index contributed by atoms with van der Waals surface area (Å²) in [7, 11) is 0.0551. The van der Waals surface area contributed by atoms with Gasteiger partial charge in [-0.15, -0.1) is 0 Å². The Bertz CT molecular complexity index is 786. The Hall–Kier alpha value is -1.89. The molecule has 0 bridgehead atoms. The largest absolute Gasteiger partial charge is 0.388 e. The van der Waals surface area contributed by atoms with Gasteiger partial charge in [0.05, 0.1) is 8.07 Å². The van der Waals surface area contributed by atoms with Crippen molar-refractivity contribution >= 4 is 42.8 Å². The van der Waals surface area contributed by atoms with Crippen molar-refractivity contribution in [2.45, 2.75) is 19.6 Å². The molecule has 0 unspecified atom stereocenters. The Morgan fingerprint density at radius 2 is 1.20 bits per heavy atom. The van der Waals surface area contributed by atoms with Crippen molar-refractivity contribution in [2.75, 3.05) is 12.4 Å². The summed E-state index contributed by atoms with van der Waals surface area (Å²) in [5, 5.41) is 9.27. The first-order chi connectivity index (χ1) is 12.0. The number of para-hydroxylation sites is 1. The van der Waals surface area contributed by atoms with Gasteiger partial charge < -0.3 is 5.32 Å². The van der Waals surface area contributed by atoms with Crippen LogP contribution in [0.3, 0.4) is 0 Å². The van der Waals surface area contributed by atoms with Gasteiger partial charge in [0.15, 0.2) is 0 Å². The fourth-order valence-corrected chi connectivity index (χ4v) is 7.39. The minimum Gasteiger partial charge on any atom is -0.388 e. The second-order valence-electron chi connectivity index (χ2n) is 7.21. The fourth-order valence-electron chi connectivity index (χ4n) is 3.20. The van der Waals surface area contributed by atoms with E-state index in [9.17, 15) is 0 Å². The minimum atomic E-state index is -1.43. The van der Waals surface area contributed by atoms with Gasteiger partial charge in [-0.3, -0.25) is 0 Å². The third-order valence-electron chi connectivity index (χ3n) is 4.37. The fraction of sp³-hybridized carbons (Fsp3) is 0.182. The molecule has 0 atom stereocenters. The number of anilines is 1. The molecule has 0 aliphatic rings. The molecule has 0 spiro atoms. The van der Waals surface area contributed by atoms with Crippen LogP contribution in [-0.2, 0) is 0 Å². The first kappa shape index (κ1) is 17.9. The molecule has 0 aliphatic carbocycles. The molecule has 25 heavy (non-hydrogen) atoms. The van der Waals surface area contributed by atoms with Crippen LogP contribution in [0.1, 0.15) is 0 Å². The lowest BCUT2D eigenvalue weighted by atomic mass is 10.3. The van der Waals surface area contributed by atoms with Crippen LogP contribution >= 0.6 is 7.92 Å². The zero-order chi connectivity index (χ0) is 17.9. The number of benzene rings is 3. The van der Waals surface area contributed by atoms with E-state index in [2.05, 4.69) is 111 Å². The quantitative estimate of drug-likeness (QED) is 0.533. The van der Waals surface area contributed by atoms with Crippen LogP contribution in [0, 0.1) is 0 Å². The topological polar surface area (TPSA) is 12.0 Å². The van der Waals surface area contributed by atoms with Crippen LogP contribution in [0.4, 0.5) is 5.69 Å². The van der Waals surface area contributed by atoms with E-state index in [-0.39, 0.29) is 0 Å². The standard InChI is InChI=1S/C22H26NPSi/c1-23-22-20(16-11-17-21(22)25(2,3)4)24(18-12-7-5-8-13-18)19-14-9-6-10-15-19/h5-17,23H,1-4H3. The Kier molecular flexibility index (Phi) is 5.41. The maximum Gasteiger partial charge on any atom is 0.0803 e. The lowest BCUT2D eigenvalue weighted by molar-refractivity contribution is 1.54. The molecule has 3 aromatic carbocycles. The summed E-state index contributed by atoms with van der Waals surface area (Å²) >= 11 is 0. The molecule has 0 saturated carbocycles. The lowest BCUT2D eigenvalue weighted by Crippen LogP contribution is -2.42. The van der Waals surface area contributed by atoms with Crippen molar-refractivity contribution in [3.63, 3.8) is 0 Å². The number of nitrogens with one attached hydrogen (secondary N) is 1. The van der Waals surface area contributed by atoms with Crippen LogP contribution in [0.2, 0.25) is 19.6 Å². The Morgan fingerprint density at radius 1 is 0.680 bits per heavy atom. The maximum absolute atomic E-state index is 3.54. The molecule has 128 valence electrons. The van der Waals surface area contributed by atoms with Gasteiger partial charge in [0.1, 0.15) is 0 Å². The van der Waals surface area contributed by atoms with E-state index in [0.717, 1.165) is 0 Å². The Labute approximate surface area is 153 Å². The molecule has 1 nitrogen and oxygen atoms in total. The summed E-state index contributed by atoms with van der Waals surface area (Å²) in [5.41, 5.74) is 1.33. The lowest BCUT2D eigenvalue weighted by Gasteiger charge is -2.27. The summed E-state index contributed by atoms with van der Waals surface area (Å²) < 4.78 is 0. The highest BCUT2D eigenvalue weighted by Gasteiger charge is 2.25. The SMILES string of the molecule is CNc1c(P(c2ccccc2)c2ccccc2)cccc1[Si](C)(C)C. The van der Waals surface area contributed by atoms with E-state index in [4.69, 9.17) is 0 Å². The smallest absolute Gasteiger partial charge is 0.0803 e. The average molecular weight is 364 g/mol. The summed E-state index contributed by atoms with van der Waals surface area (Å²) in [4.78, 5) is 0. The van der Waals surface area contributed by atoms with E-state index in [1.54, 1.807) is 0 Å². The van der Waals surface area contributed by atoms with E-state index >= 15 is 0 Å². The molecule has 0 aromatic heterocycles. The number of rotatable bonds is 5. The van der Waals surface area contributed by atoms with E-state index in [1.165, 1.54) is 26.8 Å². The van der Waals surface area contributed by atoms with Crippen molar-refractivity contribution in [1.29, 1.82) is 0 Å². The van der Waals surface area contributed by atoms with Crippen LogP contribution in [0.5, 0.6) is 0 Å². The van der Waals surface area contributed by atoms with Gasteiger partial charge in [-0.25, -0.2) is 0 Å². The third kappa shape index (κ3) is 3.86. The molecular weight excluding hydrogens is 337 g/mol. The Morgan fingerprint density at radius 3 is 1.64 bits per heavy atom. The molecule has 0 aliphatic heterocycles. The van der Waals surface area contributed by atoms with Gasteiger partial charge in [-0.1, -0.05) is 98.5 Å². The van der Waals surface area contributed by atoms with Crippen LogP contribution in [-0.4, -0.2) is 15.1 Å². The van der Waals surface area contributed by atoms with Crippen LogP contribution < -0.4 is 26.4 Å². The van der Waals surface area contributed by atoms with Gasteiger partial charge in [0.25, 0.3) is 0 Å². The highest BCUT2D eigenvalue weighted by Crippen LogP contribution is 2.35. The summed E-state index contributed by atoms with van der Waals surface area (Å²) in [6.45, 7) is 7.25. The predicted octanol–water partition coefficient (Wildman–Crippen LogP) is 4.03. The van der Waals surface area contributed by atoms with Gasteiger partial charge in [-0.05, 0) is 23.7 Å².